The van der Waals surface area contributed by atoms with Crippen molar-refractivity contribution < 1.29 is 9.59 Å². The van der Waals surface area contributed by atoms with E-state index < -0.39 is 0 Å². The number of amides is 2. The third kappa shape index (κ3) is 2.81. The third-order valence-corrected chi connectivity index (χ3v) is 4.67. The molecule has 1 fully saturated rings. The molecule has 0 bridgehead atoms. The fourth-order valence-corrected chi connectivity index (χ4v) is 3.75. The van der Waals surface area contributed by atoms with Crippen molar-refractivity contribution >= 4 is 56.3 Å². The molecule has 0 aromatic carbocycles. The molecule has 3 nitrogen and oxygen atoms in total. The summed E-state index contributed by atoms with van der Waals surface area (Å²) in [7, 11) is 0. The highest BCUT2D eigenvalue weighted by Crippen LogP contribution is 2.34. The Balaban J connectivity index is 2.21. The summed E-state index contributed by atoms with van der Waals surface area (Å²) >= 11 is 5.92. The molecular weight excluding hydrogens is 322 g/mol. The minimum Gasteiger partial charge on any atom is -0.268 e. The molecule has 1 aromatic heterocycles. The van der Waals surface area contributed by atoms with E-state index in [0.29, 0.717) is 11.4 Å². The predicted molar refractivity (Wildman–Crippen MR) is 75.0 cm³/mol. The van der Waals surface area contributed by atoms with E-state index in [1.165, 1.54) is 16.2 Å². The van der Waals surface area contributed by atoms with E-state index in [2.05, 4.69) is 15.9 Å². The molecular formula is C11H10BrNO2S2. The summed E-state index contributed by atoms with van der Waals surface area (Å²) in [6, 6.07) is 3.84. The number of carbonyl (C=O) groups is 2. The van der Waals surface area contributed by atoms with Crippen molar-refractivity contribution in [3.8, 4) is 0 Å². The maximum Gasteiger partial charge on any atom is 0.293 e. The summed E-state index contributed by atoms with van der Waals surface area (Å²) < 4.78 is 1.01. The Kier molecular flexibility index (Phi) is 4.06. The van der Waals surface area contributed by atoms with Crippen LogP contribution in [0.15, 0.2) is 20.8 Å². The topological polar surface area (TPSA) is 37.4 Å². The molecule has 90 valence electrons. The monoisotopic (exact) mass is 331 g/mol. The molecule has 0 radical (unpaired) electrons. The van der Waals surface area contributed by atoms with Gasteiger partial charge in [-0.25, -0.2) is 0 Å². The molecule has 2 heterocycles. The highest BCUT2D eigenvalue weighted by Gasteiger charge is 2.34. The standard InChI is InChI=1S/C11H10BrNO2S2/c1-2-5-13-10(14)8(17-11(13)15)6-7-3-4-9(12)16-7/h3-4,6H,2,5H2,1H3/b8-6+. The second-order valence-corrected chi connectivity index (χ2v) is 6.96. The summed E-state index contributed by atoms with van der Waals surface area (Å²) in [5, 5.41) is -0.168. The Bertz CT molecular complexity index is 495. The lowest BCUT2D eigenvalue weighted by Gasteiger charge is -2.09. The predicted octanol–water partition coefficient (Wildman–Crippen LogP) is 3.96. The van der Waals surface area contributed by atoms with E-state index in [0.717, 1.165) is 26.8 Å². The van der Waals surface area contributed by atoms with Crippen molar-refractivity contribution in [2.45, 2.75) is 13.3 Å². The van der Waals surface area contributed by atoms with Gasteiger partial charge >= 0.3 is 0 Å². The van der Waals surface area contributed by atoms with Gasteiger partial charge in [-0.1, -0.05) is 6.92 Å². The van der Waals surface area contributed by atoms with Crippen LogP contribution in [0.3, 0.4) is 0 Å². The molecule has 2 rings (SSSR count). The summed E-state index contributed by atoms with van der Waals surface area (Å²) in [5.74, 6) is -0.175. The van der Waals surface area contributed by atoms with E-state index in [1.807, 2.05) is 19.1 Å². The number of halogens is 1. The zero-order chi connectivity index (χ0) is 12.4. The quantitative estimate of drug-likeness (QED) is 0.787. The van der Waals surface area contributed by atoms with Crippen molar-refractivity contribution in [1.29, 1.82) is 0 Å². The number of carbonyl (C=O) groups excluding carboxylic acids is 2. The van der Waals surface area contributed by atoms with E-state index in [1.54, 1.807) is 6.08 Å². The SMILES string of the molecule is CCCN1C(=O)S/C(=C/c2ccc(Br)s2)C1=O. The number of imide groups is 1. The lowest BCUT2D eigenvalue weighted by Crippen LogP contribution is -2.28. The van der Waals surface area contributed by atoms with Gasteiger partial charge in [0, 0.05) is 11.4 Å². The first-order chi connectivity index (χ1) is 8.11. The summed E-state index contributed by atoms with van der Waals surface area (Å²) in [6.07, 6.45) is 2.56. The molecule has 0 spiro atoms. The molecule has 1 saturated heterocycles. The molecule has 1 aliphatic rings. The Morgan fingerprint density at radius 2 is 2.18 bits per heavy atom. The van der Waals surface area contributed by atoms with Crippen LogP contribution >= 0.6 is 39.0 Å². The highest BCUT2D eigenvalue weighted by molar-refractivity contribution is 9.11. The molecule has 2 amide bonds. The number of nitrogens with zero attached hydrogens (tertiary/aromatic N) is 1. The Labute approximate surface area is 116 Å². The van der Waals surface area contributed by atoms with Crippen molar-refractivity contribution in [3.63, 3.8) is 0 Å². The zero-order valence-electron chi connectivity index (χ0n) is 9.10. The van der Waals surface area contributed by atoms with Crippen molar-refractivity contribution in [2.24, 2.45) is 0 Å². The summed E-state index contributed by atoms with van der Waals surface area (Å²) in [4.78, 5) is 26.3. The van der Waals surface area contributed by atoms with Crippen LogP contribution in [0.4, 0.5) is 4.79 Å². The minimum absolute atomic E-state index is 0.168. The van der Waals surface area contributed by atoms with Crippen LogP contribution in [0.2, 0.25) is 0 Å². The van der Waals surface area contributed by atoms with Gasteiger partial charge in [-0.2, -0.15) is 0 Å². The first kappa shape index (κ1) is 12.9. The van der Waals surface area contributed by atoms with Gasteiger partial charge in [0.05, 0.1) is 8.69 Å². The van der Waals surface area contributed by atoms with Crippen molar-refractivity contribution in [3.05, 3.63) is 25.7 Å². The minimum atomic E-state index is -0.175. The fraction of sp³-hybridized carbons (Fsp3) is 0.273. The largest absolute Gasteiger partial charge is 0.293 e. The molecule has 0 atom stereocenters. The molecule has 0 N–H and O–H groups in total. The van der Waals surface area contributed by atoms with E-state index in [9.17, 15) is 9.59 Å². The second-order valence-electron chi connectivity index (χ2n) is 3.48. The lowest BCUT2D eigenvalue weighted by atomic mass is 10.3. The molecule has 17 heavy (non-hydrogen) atoms. The van der Waals surface area contributed by atoms with E-state index in [4.69, 9.17) is 0 Å². The molecule has 0 saturated carbocycles. The van der Waals surface area contributed by atoms with E-state index in [-0.39, 0.29) is 11.1 Å². The molecule has 1 aliphatic heterocycles. The summed E-state index contributed by atoms with van der Waals surface area (Å²) in [5.41, 5.74) is 0. The third-order valence-electron chi connectivity index (χ3n) is 2.19. The van der Waals surface area contributed by atoms with Gasteiger partial charge in [0.25, 0.3) is 11.1 Å². The maximum atomic E-state index is 11.9. The molecule has 0 unspecified atom stereocenters. The van der Waals surface area contributed by atoms with Crippen LogP contribution in [-0.2, 0) is 4.79 Å². The van der Waals surface area contributed by atoms with E-state index >= 15 is 0 Å². The van der Waals surface area contributed by atoms with Gasteiger partial charge in [-0.3, -0.25) is 14.5 Å². The fourth-order valence-electron chi connectivity index (χ4n) is 1.45. The van der Waals surface area contributed by atoms with Gasteiger partial charge < -0.3 is 0 Å². The first-order valence-electron chi connectivity index (χ1n) is 5.12. The Morgan fingerprint density at radius 1 is 1.41 bits per heavy atom. The second kappa shape index (κ2) is 5.37. The van der Waals surface area contributed by atoms with Crippen molar-refractivity contribution in [2.75, 3.05) is 6.54 Å². The summed E-state index contributed by atoms with van der Waals surface area (Å²) in [6.45, 7) is 2.44. The van der Waals surface area contributed by atoms with Crippen LogP contribution in [0.1, 0.15) is 18.2 Å². The molecule has 6 heteroatoms. The average molecular weight is 332 g/mol. The molecule has 0 aliphatic carbocycles. The van der Waals surface area contributed by atoms with Gasteiger partial charge in [0.15, 0.2) is 0 Å². The number of rotatable bonds is 3. The van der Waals surface area contributed by atoms with Gasteiger partial charge in [-0.15, -0.1) is 11.3 Å². The molecule has 1 aromatic rings. The van der Waals surface area contributed by atoms with Gasteiger partial charge in [0.2, 0.25) is 0 Å². The number of thioether (sulfide) groups is 1. The Morgan fingerprint density at radius 3 is 2.76 bits per heavy atom. The van der Waals surface area contributed by atoms with Gasteiger partial charge in [0.1, 0.15) is 0 Å². The van der Waals surface area contributed by atoms with Crippen LogP contribution in [0.25, 0.3) is 6.08 Å². The zero-order valence-corrected chi connectivity index (χ0v) is 12.3. The Hall–Kier alpha value is -0.590. The normalized spacial score (nSPS) is 18.5. The maximum absolute atomic E-state index is 11.9. The smallest absolute Gasteiger partial charge is 0.268 e. The van der Waals surface area contributed by atoms with Crippen LogP contribution < -0.4 is 0 Å². The number of thiophene rings is 1. The van der Waals surface area contributed by atoms with Gasteiger partial charge in [-0.05, 0) is 52.3 Å². The number of hydrogen-bond donors (Lipinski definition) is 0. The first-order valence-corrected chi connectivity index (χ1v) is 7.55. The number of hydrogen-bond acceptors (Lipinski definition) is 4. The lowest BCUT2D eigenvalue weighted by molar-refractivity contribution is -0.122. The van der Waals surface area contributed by atoms with Crippen LogP contribution in [0.5, 0.6) is 0 Å². The highest BCUT2D eigenvalue weighted by atomic mass is 79.9. The van der Waals surface area contributed by atoms with Crippen LogP contribution in [0, 0.1) is 0 Å². The van der Waals surface area contributed by atoms with Crippen molar-refractivity contribution in [1.82, 2.24) is 4.90 Å². The van der Waals surface area contributed by atoms with Crippen LogP contribution in [-0.4, -0.2) is 22.6 Å². The average Bonchev–Trinajstić information content (AvgIpc) is 2.79.